The zero-order valence-electron chi connectivity index (χ0n) is 19.4. The first kappa shape index (κ1) is 23.7. The number of nitrogens with zero attached hydrogens (tertiary/aromatic N) is 2. The molecule has 0 unspecified atom stereocenters. The number of hydrogen-bond donors (Lipinski definition) is 2. The van der Waals surface area contributed by atoms with Gasteiger partial charge in [-0.05, 0) is 47.9 Å². The van der Waals surface area contributed by atoms with Crippen LogP contribution in [-0.4, -0.2) is 28.6 Å². The molecule has 0 spiro atoms. The number of nitro benzene ring substituents is 1. The summed E-state index contributed by atoms with van der Waals surface area (Å²) in [6.45, 7) is 2.84. The summed E-state index contributed by atoms with van der Waals surface area (Å²) < 4.78 is 5.71. The van der Waals surface area contributed by atoms with E-state index >= 15 is 0 Å². The molecule has 0 fully saturated rings. The molecule has 178 valence electrons. The predicted molar refractivity (Wildman–Crippen MR) is 137 cm³/mol. The second-order valence-electron chi connectivity index (χ2n) is 8.05. The number of carbonyl (C=O) groups is 1. The molecular weight excluding hydrogens is 444 g/mol. The molecule has 0 saturated heterocycles. The van der Waals surface area contributed by atoms with Gasteiger partial charge in [-0.15, -0.1) is 0 Å². The number of rotatable bonds is 10. The number of ether oxygens (including phenoxy) is 1. The highest BCUT2D eigenvalue weighted by atomic mass is 16.6. The van der Waals surface area contributed by atoms with Crippen molar-refractivity contribution in [3.05, 3.63) is 94.2 Å². The summed E-state index contributed by atoms with van der Waals surface area (Å²) in [5.41, 5.74) is 5.57. The van der Waals surface area contributed by atoms with E-state index in [1.807, 2.05) is 54.6 Å². The monoisotopic (exact) mass is 470 g/mol. The van der Waals surface area contributed by atoms with Gasteiger partial charge < -0.3 is 9.72 Å². The van der Waals surface area contributed by atoms with Crippen molar-refractivity contribution in [3.8, 4) is 16.9 Å². The van der Waals surface area contributed by atoms with Crippen molar-refractivity contribution in [1.82, 2.24) is 10.4 Å². The maximum absolute atomic E-state index is 13.0. The van der Waals surface area contributed by atoms with Gasteiger partial charge in [0, 0.05) is 28.6 Å². The van der Waals surface area contributed by atoms with E-state index in [0.717, 1.165) is 36.1 Å². The van der Waals surface area contributed by atoms with Crippen molar-refractivity contribution in [2.75, 3.05) is 6.61 Å². The van der Waals surface area contributed by atoms with Crippen LogP contribution in [0.4, 0.5) is 5.69 Å². The van der Waals surface area contributed by atoms with Crippen LogP contribution in [0.25, 0.3) is 22.0 Å². The van der Waals surface area contributed by atoms with Gasteiger partial charge in [0.05, 0.1) is 17.7 Å². The summed E-state index contributed by atoms with van der Waals surface area (Å²) in [5.74, 6) is 0.344. The van der Waals surface area contributed by atoms with Crippen LogP contribution in [0.3, 0.4) is 0 Å². The molecule has 8 nitrogen and oxygen atoms in total. The first-order chi connectivity index (χ1) is 17.1. The highest BCUT2D eigenvalue weighted by Gasteiger charge is 2.21. The molecule has 3 aromatic carbocycles. The van der Waals surface area contributed by atoms with E-state index in [4.69, 9.17) is 4.74 Å². The van der Waals surface area contributed by atoms with Crippen molar-refractivity contribution in [2.24, 2.45) is 5.10 Å². The molecular formula is C27H26N4O4. The second-order valence-corrected chi connectivity index (χ2v) is 8.05. The molecule has 0 radical (unpaired) electrons. The van der Waals surface area contributed by atoms with Gasteiger partial charge in [-0.1, -0.05) is 50.1 Å². The van der Waals surface area contributed by atoms with Gasteiger partial charge in [0.2, 0.25) is 0 Å². The lowest BCUT2D eigenvalue weighted by atomic mass is 10.0. The van der Waals surface area contributed by atoms with Crippen molar-refractivity contribution in [1.29, 1.82) is 0 Å². The zero-order valence-corrected chi connectivity index (χ0v) is 19.4. The summed E-state index contributed by atoms with van der Waals surface area (Å²) in [5, 5.41) is 16.0. The van der Waals surface area contributed by atoms with Crippen LogP contribution in [0, 0.1) is 10.1 Å². The third-order valence-electron chi connectivity index (χ3n) is 5.56. The Morgan fingerprint density at radius 2 is 1.86 bits per heavy atom. The molecule has 1 heterocycles. The van der Waals surface area contributed by atoms with Crippen LogP contribution in [0.2, 0.25) is 0 Å². The van der Waals surface area contributed by atoms with E-state index in [1.54, 1.807) is 12.3 Å². The fraction of sp³-hybridized carbons (Fsp3) is 0.185. The summed E-state index contributed by atoms with van der Waals surface area (Å²) >= 11 is 0. The van der Waals surface area contributed by atoms with Gasteiger partial charge in [-0.25, -0.2) is 5.43 Å². The quantitative estimate of drug-likeness (QED) is 0.127. The number of hydrazone groups is 1. The number of aromatic nitrogens is 1. The van der Waals surface area contributed by atoms with Gasteiger partial charge in [-0.2, -0.15) is 5.10 Å². The van der Waals surface area contributed by atoms with E-state index in [2.05, 4.69) is 22.4 Å². The van der Waals surface area contributed by atoms with Crippen LogP contribution in [0.15, 0.2) is 77.9 Å². The molecule has 0 saturated carbocycles. The van der Waals surface area contributed by atoms with Crippen molar-refractivity contribution < 1.29 is 14.5 Å². The fourth-order valence-corrected chi connectivity index (χ4v) is 3.78. The molecule has 0 atom stereocenters. The molecule has 4 rings (SSSR count). The highest BCUT2D eigenvalue weighted by Crippen LogP contribution is 2.34. The Hall–Kier alpha value is -4.46. The topological polar surface area (TPSA) is 110 Å². The van der Waals surface area contributed by atoms with Gasteiger partial charge in [0.25, 0.3) is 11.6 Å². The Labute approximate surface area is 202 Å². The van der Waals surface area contributed by atoms with E-state index in [-0.39, 0.29) is 11.4 Å². The smallest absolute Gasteiger partial charge is 0.288 e. The Morgan fingerprint density at radius 1 is 1.09 bits per heavy atom. The number of benzene rings is 3. The van der Waals surface area contributed by atoms with E-state index in [9.17, 15) is 14.9 Å². The van der Waals surface area contributed by atoms with E-state index in [1.165, 1.54) is 12.1 Å². The third kappa shape index (κ3) is 5.73. The Morgan fingerprint density at radius 3 is 2.57 bits per heavy atom. The molecule has 0 bridgehead atoms. The second kappa shape index (κ2) is 11.1. The average Bonchev–Trinajstić information content (AvgIpc) is 3.27. The Balaban J connectivity index is 1.53. The number of nitrogens with one attached hydrogen (secondary N) is 2. The number of fused-ring (bicyclic) bond motifs is 1. The van der Waals surface area contributed by atoms with Crippen LogP contribution >= 0.6 is 0 Å². The molecule has 1 amide bonds. The number of nitro groups is 1. The minimum atomic E-state index is -0.452. The molecule has 0 aliphatic heterocycles. The number of amides is 1. The first-order valence-corrected chi connectivity index (χ1v) is 11.5. The maximum atomic E-state index is 13.0. The highest BCUT2D eigenvalue weighted by molar-refractivity contribution is 6.10. The molecule has 35 heavy (non-hydrogen) atoms. The minimum absolute atomic E-state index is 0.0450. The molecule has 8 heteroatoms. The average molecular weight is 471 g/mol. The normalized spacial score (nSPS) is 11.1. The van der Waals surface area contributed by atoms with Crippen molar-refractivity contribution in [3.63, 3.8) is 0 Å². The third-order valence-corrected chi connectivity index (χ3v) is 5.56. The SMILES string of the molecule is CCCCCOc1ccc(/C=N/NC(=O)c2[nH]c3ccc([N+](=O)[O-])cc3c2-c2ccccc2)cc1. The first-order valence-electron chi connectivity index (χ1n) is 11.5. The van der Waals surface area contributed by atoms with Crippen LogP contribution < -0.4 is 10.2 Å². The summed E-state index contributed by atoms with van der Waals surface area (Å²) in [6.07, 6.45) is 4.87. The lowest BCUT2D eigenvalue weighted by Crippen LogP contribution is -2.18. The molecule has 1 aromatic heterocycles. The van der Waals surface area contributed by atoms with Crippen molar-refractivity contribution >= 4 is 28.7 Å². The number of carbonyl (C=O) groups excluding carboxylic acids is 1. The number of H-pyrrole nitrogens is 1. The lowest BCUT2D eigenvalue weighted by Gasteiger charge is -2.06. The largest absolute Gasteiger partial charge is 0.494 e. The minimum Gasteiger partial charge on any atom is -0.494 e. The fourth-order valence-electron chi connectivity index (χ4n) is 3.78. The standard InChI is InChI=1S/C27H26N4O4/c1-2-3-7-16-35-22-13-10-19(11-14-22)18-28-30-27(32)26-25(20-8-5-4-6-9-20)23-17-21(31(33)34)12-15-24(23)29-26/h4-6,8-15,17-18,29H,2-3,7,16H2,1H3,(H,30,32)/b28-18+. The summed E-state index contributed by atoms with van der Waals surface area (Å²) in [7, 11) is 0. The van der Waals surface area contributed by atoms with Crippen LogP contribution in [0.1, 0.15) is 42.2 Å². The maximum Gasteiger partial charge on any atom is 0.288 e. The van der Waals surface area contributed by atoms with Gasteiger partial charge in [0.1, 0.15) is 11.4 Å². The van der Waals surface area contributed by atoms with Crippen molar-refractivity contribution in [2.45, 2.75) is 26.2 Å². The number of unbranched alkanes of at least 4 members (excludes halogenated alkanes) is 2. The summed E-state index contributed by atoms with van der Waals surface area (Å²) in [4.78, 5) is 27.0. The van der Waals surface area contributed by atoms with E-state index < -0.39 is 10.8 Å². The molecule has 4 aromatic rings. The van der Waals surface area contributed by atoms with Gasteiger partial charge in [0.15, 0.2) is 0 Å². The Kier molecular flexibility index (Phi) is 7.52. The van der Waals surface area contributed by atoms with Crippen LogP contribution in [0.5, 0.6) is 5.75 Å². The number of non-ortho nitro benzene ring substituents is 1. The van der Waals surface area contributed by atoms with E-state index in [0.29, 0.717) is 23.1 Å². The van der Waals surface area contributed by atoms with Gasteiger partial charge in [-0.3, -0.25) is 14.9 Å². The molecule has 2 N–H and O–H groups in total. The number of aromatic amines is 1. The van der Waals surface area contributed by atoms with Gasteiger partial charge >= 0.3 is 0 Å². The molecule has 0 aliphatic rings. The molecule has 0 aliphatic carbocycles. The number of hydrogen-bond acceptors (Lipinski definition) is 5. The van der Waals surface area contributed by atoms with Crippen LogP contribution in [-0.2, 0) is 0 Å². The lowest BCUT2D eigenvalue weighted by molar-refractivity contribution is -0.384. The predicted octanol–water partition coefficient (Wildman–Crippen LogP) is 6.08. The summed E-state index contributed by atoms with van der Waals surface area (Å²) in [6, 6.07) is 21.2. The Bertz CT molecular complexity index is 1350. The zero-order chi connectivity index (χ0) is 24.6.